The summed E-state index contributed by atoms with van der Waals surface area (Å²) in [5.74, 6) is 0.568. The summed E-state index contributed by atoms with van der Waals surface area (Å²) in [6.45, 7) is 0.738. The molecule has 0 radical (unpaired) electrons. The molecule has 1 aliphatic rings. The molecule has 3 heteroatoms. The first-order chi connectivity index (χ1) is 4.72. The van der Waals surface area contributed by atoms with Crippen LogP contribution in [-0.4, -0.2) is 18.6 Å². The van der Waals surface area contributed by atoms with Gasteiger partial charge in [-0.25, -0.2) is 0 Å². The van der Waals surface area contributed by atoms with E-state index in [9.17, 15) is 0 Å². The van der Waals surface area contributed by atoms with Gasteiger partial charge in [0.25, 0.3) is 0 Å². The third-order valence-corrected chi connectivity index (χ3v) is 2.21. The Hall–Kier alpha value is -0.120. The summed E-state index contributed by atoms with van der Waals surface area (Å²) in [6, 6.07) is 0.578. The molecule has 10 heavy (non-hydrogen) atoms. The van der Waals surface area contributed by atoms with Crippen molar-refractivity contribution in [2.45, 2.75) is 31.3 Å². The molecule has 0 aromatic carbocycles. The molecule has 1 saturated carbocycles. The molecule has 1 aliphatic carbocycles. The van der Waals surface area contributed by atoms with E-state index in [-0.39, 0.29) is 12.1 Å². The molecule has 1 fully saturated rings. The van der Waals surface area contributed by atoms with Gasteiger partial charge in [-0.05, 0) is 31.7 Å². The van der Waals surface area contributed by atoms with Crippen LogP contribution >= 0.6 is 0 Å². The van der Waals surface area contributed by atoms with Crippen molar-refractivity contribution in [2.75, 3.05) is 6.54 Å². The van der Waals surface area contributed by atoms with Gasteiger partial charge in [0.05, 0.1) is 0 Å². The highest BCUT2D eigenvalue weighted by Crippen LogP contribution is 2.20. The van der Waals surface area contributed by atoms with Gasteiger partial charge in [-0.2, -0.15) is 0 Å². The van der Waals surface area contributed by atoms with Crippen molar-refractivity contribution in [3.05, 3.63) is 0 Å². The molecule has 60 valence electrons. The number of hydrogen-bond acceptors (Lipinski definition) is 3. The first-order valence-corrected chi connectivity index (χ1v) is 3.93. The quantitative estimate of drug-likeness (QED) is 0.458. The van der Waals surface area contributed by atoms with Crippen LogP contribution in [0, 0.1) is 5.92 Å². The van der Waals surface area contributed by atoms with Gasteiger partial charge < -0.3 is 17.2 Å². The van der Waals surface area contributed by atoms with Crippen LogP contribution in [0.15, 0.2) is 0 Å². The predicted molar refractivity (Wildman–Crippen MR) is 42.3 cm³/mol. The van der Waals surface area contributed by atoms with Crippen LogP contribution in [0.3, 0.4) is 0 Å². The first-order valence-electron chi connectivity index (χ1n) is 3.93. The molecular weight excluding hydrogens is 126 g/mol. The maximum Gasteiger partial charge on any atom is 0.00566 e. The van der Waals surface area contributed by atoms with E-state index in [1.807, 2.05) is 0 Å². The van der Waals surface area contributed by atoms with Crippen molar-refractivity contribution in [3.8, 4) is 0 Å². The van der Waals surface area contributed by atoms with Crippen molar-refractivity contribution in [2.24, 2.45) is 23.1 Å². The topological polar surface area (TPSA) is 78.1 Å². The standard InChI is InChI=1S/C7H17N3/c8-4-5-1-6(9)3-7(10)2-5/h5-7H,1-4,8-10H2. The average Bonchev–Trinajstić information content (AvgIpc) is 1.85. The largest absolute Gasteiger partial charge is 0.330 e. The Morgan fingerprint density at radius 3 is 1.90 bits per heavy atom. The Kier molecular flexibility index (Phi) is 2.65. The molecule has 0 spiro atoms. The lowest BCUT2D eigenvalue weighted by Crippen LogP contribution is -2.41. The van der Waals surface area contributed by atoms with Crippen molar-refractivity contribution >= 4 is 0 Å². The zero-order valence-electron chi connectivity index (χ0n) is 6.29. The summed E-state index contributed by atoms with van der Waals surface area (Å²) in [4.78, 5) is 0. The van der Waals surface area contributed by atoms with Gasteiger partial charge in [-0.1, -0.05) is 0 Å². The van der Waals surface area contributed by atoms with Gasteiger partial charge in [-0.15, -0.1) is 0 Å². The molecule has 0 heterocycles. The number of rotatable bonds is 1. The second kappa shape index (κ2) is 3.32. The minimum atomic E-state index is 0.289. The molecule has 0 aromatic rings. The maximum absolute atomic E-state index is 5.76. The first kappa shape index (κ1) is 7.98. The molecular formula is C7H17N3. The third kappa shape index (κ3) is 1.94. The van der Waals surface area contributed by atoms with Crippen molar-refractivity contribution in [1.29, 1.82) is 0 Å². The monoisotopic (exact) mass is 143 g/mol. The fraction of sp³-hybridized carbons (Fsp3) is 1.00. The normalized spacial score (nSPS) is 41.7. The van der Waals surface area contributed by atoms with Crippen LogP contribution in [0.4, 0.5) is 0 Å². The van der Waals surface area contributed by atoms with Crippen LogP contribution in [-0.2, 0) is 0 Å². The minimum Gasteiger partial charge on any atom is -0.330 e. The molecule has 6 N–H and O–H groups in total. The summed E-state index contributed by atoms with van der Waals surface area (Å²) in [5, 5.41) is 0. The minimum absolute atomic E-state index is 0.289. The lowest BCUT2D eigenvalue weighted by molar-refractivity contribution is 0.296. The highest BCUT2D eigenvalue weighted by molar-refractivity contribution is 4.82. The fourth-order valence-electron chi connectivity index (χ4n) is 1.73. The van der Waals surface area contributed by atoms with Crippen LogP contribution in [0.25, 0.3) is 0 Å². The van der Waals surface area contributed by atoms with E-state index in [0.717, 1.165) is 25.8 Å². The molecule has 2 unspecified atom stereocenters. The smallest absolute Gasteiger partial charge is 0.00566 e. The summed E-state index contributed by atoms with van der Waals surface area (Å²) in [6.07, 6.45) is 3.09. The van der Waals surface area contributed by atoms with Gasteiger partial charge in [0.15, 0.2) is 0 Å². The Bertz CT molecular complexity index is 95.0. The Morgan fingerprint density at radius 1 is 1.00 bits per heavy atom. The molecule has 0 aromatic heterocycles. The average molecular weight is 143 g/mol. The second-order valence-corrected chi connectivity index (χ2v) is 3.33. The summed E-state index contributed by atoms with van der Waals surface area (Å²) >= 11 is 0. The molecule has 1 rings (SSSR count). The van der Waals surface area contributed by atoms with Gasteiger partial charge in [-0.3, -0.25) is 0 Å². The van der Waals surface area contributed by atoms with Crippen molar-refractivity contribution in [1.82, 2.24) is 0 Å². The molecule has 0 aliphatic heterocycles. The van der Waals surface area contributed by atoms with Gasteiger partial charge >= 0.3 is 0 Å². The predicted octanol–water partition coefficient (Wildman–Crippen LogP) is -0.600. The highest BCUT2D eigenvalue weighted by Gasteiger charge is 2.22. The van der Waals surface area contributed by atoms with Crippen molar-refractivity contribution < 1.29 is 0 Å². The van der Waals surface area contributed by atoms with Crippen LogP contribution < -0.4 is 17.2 Å². The number of nitrogens with two attached hydrogens (primary N) is 3. The summed E-state index contributed by atoms with van der Waals surface area (Å²) in [7, 11) is 0. The molecule has 3 nitrogen and oxygen atoms in total. The van der Waals surface area contributed by atoms with Crippen LogP contribution in [0.1, 0.15) is 19.3 Å². The zero-order valence-corrected chi connectivity index (χ0v) is 6.29. The Labute approximate surface area is 61.9 Å². The lowest BCUT2D eigenvalue weighted by Gasteiger charge is -2.30. The summed E-state index contributed by atoms with van der Waals surface area (Å²) in [5.41, 5.74) is 17.0. The SMILES string of the molecule is NCC1CC(N)CC(N)C1. The van der Waals surface area contributed by atoms with Gasteiger partial charge in [0.2, 0.25) is 0 Å². The second-order valence-electron chi connectivity index (χ2n) is 3.33. The van der Waals surface area contributed by atoms with E-state index >= 15 is 0 Å². The fourth-order valence-corrected chi connectivity index (χ4v) is 1.73. The molecule has 0 bridgehead atoms. The molecule has 0 saturated heterocycles. The van der Waals surface area contributed by atoms with Gasteiger partial charge in [0, 0.05) is 12.1 Å². The molecule has 2 atom stereocenters. The van der Waals surface area contributed by atoms with E-state index in [1.165, 1.54) is 0 Å². The highest BCUT2D eigenvalue weighted by atomic mass is 14.7. The van der Waals surface area contributed by atoms with E-state index in [1.54, 1.807) is 0 Å². The third-order valence-electron chi connectivity index (χ3n) is 2.21. The lowest BCUT2D eigenvalue weighted by atomic mass is 9.83. The van der Waals surface area contributed by atoms with E-state index < -0.39 is 0 Å². The van der Waals surface area contributed by atoms with Crippen molar-refractivity contribution in [3.63, 3.8) is 0 Å². The zero-order chi connectivity index (χ0) is 7.56. The maximum atomic E-state index is 5.76. The van der Waals surface area contributed by atoms with Crippen LogP contribution in [0.5, 0.6) is 0 Å². The van der Waals surface area contributed by atoms with Crippen LogP contribution in [0.2, 0.25) is 0 Å². The Morgan fingerprint density at radius 2 is 1.50 bits per heavy atom. The van der Waals surface area contributed by atoms with Gasteiger partial charge in [0.1, 0.15) is 0 Å². The van der Waals surface area contributed by atoms with E-state index in [4.69, 9.17) is 17.2 Å². The Balaban J connectivity index is 2.35. The number of hydrogen-bond donors (Lipinski definition) is 3. The summed E-state index contributed by atoms with van der Waals surface area (Å²) < 4.78 is 0. The van der Waals surface area contributed by atoms with E-state index in [0.29, 0.717) is 5.92 Å². The van der Waals surface area contributed by atoms with E-state index in [2.05, 4.69) is 0 Å². The molecule has 0 amide bonds.